The van der Waals surface area contributed by atoms with E-state index in [2.05, 4.69) is 5.32 Å². The number of carbonyl (C=O) groups is 1. The van der Waals surface area contributed by atoms with Crippen LogP contribution in [0.3, 0.4) is 0 Å². The monoisotopic (exact) mass is 366 g/mol. The number of ether oxygens (including phenoxy) is 1. The normalized spacial score (nSPS) is 25.4. The first kappa shape index (κ1) is 18.2. The molecule has 2 bridgehead atoms. The van der Waals surface area contributed by atoms with E-state index in [0.29, 0.717) is 23.9 Å². The third kappa shape index (κ3) is 3.67. The highest BCUT2D eigenvalue weighted by Crippen LogP contribution is 2.49. The van der Waals surface area contributed by atoms with Crippen LogP contribution in [-0.4, -0.2) is 39.8 Å². The maximum Gasteiger partial charge on any atom is 0.246 e. The van der Waals surface area contributed by atoms with Gasteiger partial charge in [-0.1, -0.05) is 6.42 Å². The summed E-state index contributed by atoms with van der Waals surface area (Å²) in [4.78, 5) is 12.4. The maximum absolute atomic E-state index is 12.4. The van der Waals surface area contributed by atoms with Crippen molar-refractivity contribution >= 4 is 21.6 Å². The van der Waals surface area contributed by atoms with E-state index in [1.807, 2.05) is 0 Å². The molecule has 2 saturated carbocycles. The molecule has 2 aliphatic rings. The molecule has 0 aliphatic heterocycles. The SMILES string of the molecule is COc1ccc(NC(=O)C[C@H]2C[C@H]3CC[C@@H]2C3)cc1S(=O)(=O)N(C)C. The number of amides is 1. The summed E-state index contributed by atoms with van der Waals surface area (Å²) >= 11 is 0. The van der Waals surface area contributed by atoms with Gasteiger partial charge >= 0.3 is 0 Å². The Morgan fingerprint density at radius 2 is 2.04 bits per heavy atom. The van der Waals surface area contributed by atoms with E-state index < -0.39 is 10.0 Å². The number of nitrogens with zero attached hydrogens (tertiary/aromatic N) is 1. The van der Waals surface area contributed by atoms with Gasteiger partial charge in [0.05, 0.1) is 7.11 Å². The molecule has 0 radical (unpaired) electrons. The van der Waals surface area contributed by atoms with Crippen LogP contribution in [0.1, 0.15) is 32.1 Å². The largest absolute Gasteiger partial charge is 0.495 e. The van der Waals surface area contributed by atoms with Crippen molar-refractivity contribution in [1.82, 2.24) is 4.31 Å². The van der Waals surface area contributed by atoms with Gasteiger partial charge in [0.15, 0.2) is 0 Å². The van der Waals surface area contributed by atoms with Gasteiger partial charge in [-0.25, -0.2) is 12.7 Å². The summed E-state index contributed by atoms with van der Waals surface area (Å²) < 4.78 is 31.2. The number of hydrogen-bond acceptors (Lipinski definition) is 4. The number of anilines is 1. The fraction of sp³-hybridized carbons (Fsp3) is 0.611. The molecule has 138 valence electrons. The topological polar surface area (TPSA) is 75.7 Å². The highest BCUT2D eigenvalue weighted by molar-refractivity contribution is 7.89. The number of sulfonamides is 1. The van der Waals surface area contributed by atoms with Crippen LogP contribution in [0.5, 0.6) is 5.75 Å². The molecule has 2 aliphatic carbocycles. The van der Waals surface area contributed by atoms with Gasteiger partial charge in [-0.2, -0.15) is 0 Å². The molecule has 1 amide bonds. The Balaban J connectivity index is 1.73. The van der Waals surface area contributed by atoms with Crippen LogP contribution in [0, 0.1) is 17.8 Å². The lowest BCUT2D eigenvalue weighted by Crippen LogP contribution is -2.23. The predicted octanol–water partition coefficient (Wildman–Crippen LogP) is 2.71. The van der Waals surface area contributed by atoms with Crippen molar-refractivity contribution in [3.05, 3.63) is 18.2 Å². The molecule has 0 heterocycles. The number of methoxy groups -OCH3 is 1. The Kier molecular flexibility index (Phi) is 5.06. The number of hydrogen-bond donors (Lipinski definition) is 1. The van der Waals surface area contributed by atoms with E-state index >= 15 is 0 Å². The average molecular weight is 366 g/mol. The van der Waals surface area contributed by atoms with Crippen LogP contribution in [0.2, 0.25) is 0 Å². The molecule has 25 heavy (non-hydrogen) atoms. The van der Waals surface area contributed by atoms with Crippen molar-refractivity contribution in [2.24, 2.45) is 17.8 Å². The summed E-state index contributed by atoms with van der Waals surface area (Å²) in [7, 11) is 0.713. The second-order valence-electron chi connectivity index (χ2n) is 7.34. The van der Waals surface area contributed by atoms with E-state index in [1.165, 1.54) is 46.5 Å². The van der Waals surface area contributed by atoms with E-state index in [9.17, 15) is 13.2 Å². The number of rotatable bonds is 6. The van der Waals surface area contributed by atoms with Crippen molar-refractivity contribution in [3.63, 3.8) is 0 Å². The molecule has 6 nitrogen and oxygen atoms in total. The Morgan fingerprint density at radius 1 is 1.28 bits per heavy atom. The number of nitrogens with one attached hydrogen (secondary N) is 1. The summed E-state index contributed by atoms with van der Waals surface area (Å²) in [5, 5.41) is 2.85. The zero-order valence-corrected chi connectivity index (χ0v) is 15.8. The quantitative estimate of drug-likeness (QED) is 0.840. The van der Waals surface area contributed by atoms with E-state index in [4.69, 9.17) is 4.74 Å². The Hall–Kier alpha value is -1.60. The Labute approximate surface area is 149 Å². The molecular formula is C18H26N2O4S. The third-order valence-electron chi connectivity index (χ3n) is 5.54. The highest BCUT2D eigenvalue weighted by Gasteiger charge is 2.40. The van der Waals surface area contributed by atoms with Gasteiger partial charge in [0, 0.05) is 26.2 Å². The summed E-state index contributed by atoms with van der Waals surface area (Å²) in [5.41, 5.74) is 0.481. The minimum atomic E-state index is -3.65. The van der Waals surface area contributed by atoms with Crippen molar-refractivity contribution < 1.29 is 17.9 Å². The molecule has 3 rings (SSSR count). The second-order valence-corrected chi connectivity index (χ2v) is 9.46. The van der Waals surface area contributed by atoms with E-state index in [0.717, 1.165) is 16.6 Å². The molecule has 1 aromatic rings. The third-order valence-corrected chi connectivity index (χ3v) is 7.37. The van der Waals surface area contributed by atoms with Crippen molar-refractivity contribution in [2.45, 2.75) is 37.0 Å². The summed E-state index contributed by atoms with van der Waals surface area (Å²) in [6, 6.07) is 4.71. The summed E-state index contributed by atoms with van der Waals surface area (Å²) in [6.45, 7) is 0. The van der Waals surface area contributed by atoms with Crippen LogP contribution in [0.15, 0.2) is 23.1 Å². The Bertz CT molecular complexity index is 760. The second kappa shape index (κ2) is 6.96. The molecule has 3 atom stereocenters. The van der Waals surface area contributed by atoms with E-state index in [1.54, 1.807) is 12.1 Å². The zero-order chi connectivity index (χ0) is 18.2. The predicted molar refractivity (Wildman–Crippen MR) is 96.1 cm³/mol. The van der Waals surface area contributed by atoms with Crippen LogP contribution in [-0.2, 0) is 14.8 Å². The van der Waals surface area contributed by atoms with Crippen LogP contribution < -0.4 is 10.1 Å². The maximum atomic E-state index is 12.4. The Morgan fingerprint density at radius 3 is 2.60 bits per heavy atom. The molecule has 7 heteroatoms. The van der Waals surface area contributed by atoms with Crippen molar-refractivity contribution in [1.29, 1.82) is 0 Å². The lowest BCUT2D eigenvalue weighted by Gasteiger charge is -2.21. The lowest BCUT2D eigenvalue weighted by molar-refractivity contribution is -0.117. The molecule has 0 spiro atoms. The van der Waals surface area contributed by atoms with E-state index in [-0.39, 0.29) is 16.6 Å². The van der Waals surface area contributed by atoms with Gasteiger partial charge in [-0.05, 0) is 55.2 Å². The smallest absolute Gasteiger partial charge is 0.246 e. The van der Waals surface area contributed by atoms with Crippen LogP contribution in [0.25, 0.3) is 0 Å². The molecule has 0 saturated heterocycles. The zero-order valence-electron chi connectivity index (χ0n) is 15.0. The van der Waals surface area contributed by atoms with Gasteiger partial charge < -0.3 is 10.1 Å². The first-order valence-corrected chi connectivity index (χ1v) is 10.2. The molecule has 1 aromatic carbocycles. The summed E-state index contributed by atoms with van der Waals surface area (Å²) in [6.07, 6.45) is 5.50. The first-order valence-electron chi connectivity index (χ1n) is 8.71. The molecule has 0 unspecified atom stereocenters. The summed E-state index contributed by atoms with van der Waals surface area (Å²) in [5.74, 6) is 2.19. The first-order chi connectivity index (χ1) is 11.8. The molecule has 1 N–H and O–H groups in total. The van der Waals surface area contributed by atoms with Crippen molar-refractivity contribution in [2.75, 3.05) is 26.5 Å². The van der Waals surface area contributed by atoms with Gasteiger partial charge in [0.1, 0.15) is 10.6 Å². The lowest BCUT2D eigenvalue weighted by atomic mass is 9.86. The van der Waals surface area contributed by atoms with Gasteiger partial charge in [-0.15, -0.1) is 0 Å². The van der Waals surface area contributed by atoms with Crippen molar-refractivity contribution in [3.8, 4) is 5.75 Å². The van der Waals surface area contributed by atoms with Gasteiger partial charge in [-0.3, -0.25) is 4.79 Å². The minimum absolute atomic E-state index is 0.0454. The average Bonchev–Trinajstić information content (AvgIpc) is 3.17. The highest BCUT2D eigenvalue weighted by atomic mass is 32.2. The fourth-order valence-electron chi connectivity index (χ4n) is 4.23. The van der Waals surface area contributed by atoms with Crippen LogP contribution in [0.4, 0.5) is 5.69 Å². The number of fused-ring (bicyclic) bond motifs is 2. The fourth-order valence-corrected chi connectivity index (χ4v) is 5.30. The standard InChI is InChI=1S/C18H26N2O4S/c1-20(2)25(22,23)17-11-15(6-7-16(17)24-3)19-18(21)10-14-9-12-4-5-13(14)8-12/h6-7,11-14H,4-5,8-10H2,1-3H3,(H,19,21)/t12-,13+,14+/m0/s1. The number of carbonyl (C=O) groups excluding carboxylic acids is 1. The minimum Gasteiger partial charge on any atom is -0.495 e. The van der Waals surface area contributed by atoms with Gasteiger partial charge in [0.2, 0.25) is 15.9 Å². The molecule has 2 fully saturated rings. The number of benzene rings is 1. The van der Waals surface area contributed by atoms with Gasteiger partial charge in [0.25, 0.3) is 0 Å². The molecular weight excluding hydrogens is 340 g/mol. The molecule has 0 aromatic heterocycles. The van der Waals surface area contributed by atoms with Crippen LogP contribution >= 0.6 is 0 Å².